The fraction of sp³-hybridized carbons (Fsp3) is 0.333. The standard InChI is InChI=1S/C21H28O3Si/c1-5-19(22)20(23)16-24-25(21(2,3)4,17-12-8-6-9-13-17)18-14-10-7-11-15-18/h5-15,19-20,22-23H,1,16H2,2-4H3/t19-,20+/m0/s1. The first-order valence-corrected chi connectivity index (χ1v) is 10.5. The van der Waals surface area contributed by atoms with Crippen LogP contribution in [-0.4, -0.2) is 37.3 Å². The lowest BCUT2D eigenvalue weighted by atomic mass is 10.2. The highest BCUT2D eigenvalue weighted by Crippen LogP contribution is 2.36. The number of rotatable bonds is 7. The summed E-state index contributed by atoms with van der Waals surface area (Å²) >= 11 is 0. The Morgan fingerprint density at radius 2 is 1.40 bits per heavy atom. The van der Waals surface area contributed by atoms with Crippen molar-refractivity contribution in [2.24, 2.45) is 0 Å². The maximum atomic E-state index is 10.2. The van der Waals surface area contributed by atoms with Gasteiger partial charge in [0.2, 0.25) is 0 Å². The lowest BCUT2D eigenvalue weighted by Gasteiger charge is -2.43. The molecule has 2 aromatic rings. The summed E-state index contributed by atoms with van der Waals surface area (Å²) in [4.78, 5) is 0. The van der Waals surface area contributed by atoms with Crippen LogP contribution in [0.15, 0.2) is 73.3 Å². The van der Waals surface area contributed by atoms with Crippen LogP contribution in [0.25, 0.3) is 0 Å². The molecule has 0 saturated carbocycles. The molecule has 0 saturated heterocycles. The van der Waals surface area contributed by atoms with E-state index in [1.807, 2.05) is 36.4 Å². The largest absolute Gasteiger partial charge is 0.405 e. The molecule has 0 aliphatic carbocycles. The van der Waals surface area contributed by atoms with Crippen LogP contribution in [0, 0.1) is 0 Å². The Morgan fingerprint density at radius 1 is 0.960 bits per heavy atom. The van der Waals surface area contributed by atoms with Gasteiger partial charge in [-0.1, -0.05) is 87.5 Å². The van der Waals surface area contributed by atoms with Crippen molar-refractivity contribution in [2.75, 3.05) is 6.61 Å². The van der Waals surface area contributed by atoms with Crippen LogP contribution in [0.1, 0.15) is 20.8 Å². The number of hydrogen-bond acceptors (Lipinski definition) is 3. The Bertz CT molecular complexity index is 625. The van der Waals surface area contributed by atoms with E-state index in [-0.39, 0.29) is 11.6 Å². The van der Waals surface area contributed by atoms with Crippen molar-refractivity contribution in [1.82, 2.24) is 0 Å². The van der Waals surface area contributed by atoms with Gasteiger partial charge in [0.15, 0.2) is 0 Å². The van der Waals surface area contributed by atoms with Gasteiger partial charge in [-0.2, -0.15) is 0 Å². The summed E-state index contributed by atoms with van der Waals surface area (Å²) < 4.78 is 6.53. The molecule has 0 spiro atoms. The molecule has 0 heterocycles. The third-order valence-electron chi connectivity index (χ3n) is 4.52. The summed E-state index contributed by atoms with van der Waals surface area (Å²) in [5.74, 6) is 0. The Balaban J connectivity index is 2.55. The minimum atomic E-state index is -2.68. The number of benzene rings is 2. The highest BCUT2D eigenvalue weighted by atomic mass is 28.4. The molecule has 0 aliphatic rings. The molecule has 2 atom stereocenters. The first-order chi connectivity index (χ1) is 11.8. The lowest BCUT2D eigenvalue weighted by molar-refractivity contribution is 0.0141. The van der Waals surface area contributed by atoms with Crippen LogP contribution in [0.3, 0.4) is 0 Å². The molecule has 0 bridgehead atoms. The molecule has 0 aromatic heterocycles. The molecule has 0 unspecified atom stereocenters. The topological polar surface area (TPSA) is 49.7 Å². The normalized spacial score (nSPS) is 14.8. The third kappa shape index (κ3) is 4.10. The SMILES string of the molecule is C=C[C@H](O)[C@H](O)CO[Si](c1ccccc1)(c1ccccc1)C(C)(C)C. The van der Waals surface area contributed by atoms with Gasteiger partial charge in [-0.15, -0.1) is 6.58 Å². The van der Waals surface area contributed by atoms with E-state index in [0.29, 0.717) is 0 Å². The van der Waals surface area contributed by atoms with Gasteiger partial charge >= 0.3 is 0 Å². The predicted octanol–water partition coefficient (Wildman–Crippen LogP) is 2.47. The van der Waals surface area contributed by atoms with E-state index in [4.69, 9.17) is 4.43 Å². The van der Waals surface area contributed by atoms with Gasteiger partial charge in [0.25, 0.3) is 8.32 Å². The second-order valence-corrected chi connectivity index (χ2v) is 11.6. The highest BCUT2D eigenvalue weighted by molar-refractivity contribution is 6.99. The van der Waals surface area contributed by atoms with E-state index in [2.05, 4.69) is 51.6 Å². The summed E-state index contributed by atoms with van der Waals surface area (Å²) in [6, 6.07) is 20.4. The molecule has 2 N–H and O–H groups in total. The molecule has 0 radical (unpaired) electrons. The van der Waals surface area contributed by atoms with Crippen molar-refractivity contribution < 1.29 is 14.6 Å². The summed E-state index contributed by atoms with van der Waals surface area (Å²) in [6.07, 6.45) is -0.670. The van der Waals surface area contributed by atoms with Gasteiger partial charge < -0.3 is 14.6 Å². The van der Waals surface area contributed by atoms with Crippen molar-refractivity contribution in [3.63, 3.8) is 0 Å². The Kier molecular flexibility index (Phi) is 6.35. The molecule has 25 heavy (non-hydrogen) atoms. The first kappa shape index (κ1) is 19.6. The predicted molar refractivity (Wildman–Crippen MR) is 106 cm³/mol. The summed E-state index contributed by atoms with van der Waals surface area (Å²) in [5, 5.41) is 22.2. The van der Waals surface area contributed by atoms with Gasteiger partial charge in [-0.05, 0) is 15.4 Å². The van der Waals surface area contributed by atoms with Crippen LogP contribution in [-0.2, 0) is 4.43 Å². The lowest BCUT2D eigenvalue weighted by Crippen LogP contribution is -2.67. The monoisotopic (exact) mass is 356 g/mol. The molecule has 2 aromatic carbocycles. The van der Waals surface area contributed by atoms with E-state index in [0.717, 1.165) is 10.4 Å². The maximum Gasteiger partial charge on any atom is 0.261 e. The van der Waals surface area contributed by atoms with Gasteiger partial charge in [-0.3, -0.25) is 0 Å². The zero-order chi connectivity index (χ0) is 18.5. The van der Waals surface area contributed by atoms with Gasteiger partial charge in [0.05, 0.1) is 12.7 Å². The van der Waals surface area contributed by atoms with Crippen LogP contribution in [0.5, 0.6) is 0 Å². The van der Waals surface area contributed by atoms with Crippen LogP contribution < -0.4 is 10.4 Å². The van der Waals surface area contributed by atoms with Crippen molar-refractivity contribution in [2.45, 2.75) is 38.0 Å². The smallest absolute Gasteiger partial charge is 0.261 e. The summed E-state index contributed by atoms with van der Waals surface area (Å²) in [7, 11) is -2.68. The minimum Gasteiger partial charge on any atom is -0.405 e. The average molecular weight is 357 g/mol. The van der Waals surface area contributed by atoms with E-state index in [9.17, 15) is 10.2 Å². The van der Waals surface area contributed by atoms with Gasteiger partial charge in [0, 0.05) is 0 Å². The average Bonchev–Trinajstić information content (AvgIpc) is 2.62. The number of aliphatic hydroxyl groups excluding tert-OH is 2. The summed E-state index contributed by atoms with van der Waals surface area (Å²) in [6.45, 7) is 10.1. The van der Waals surface area contributed by atoms with Crippen LogP contribution in [0.2, 0.25) is 5.04 Å². The second kappa shape index (κ2) is 8.10. The zero-order valence-corrected chi connectivity index (χ0v) is 16.2. The zero-order valence-electron chi connectivity index (χ0n) is 15.2. The maximum absolute atomic E-state index is 10.2. The highest BCUT2D eigenvalue weighted by Gasteiger charge is 2.50. The molecule has 2 rings (SSSR count). The van der Waals surface area contributed by atoms with Gasteiger partial charge in [0.1, 0.15) is 6.10 Å². The van der Waals surface area contributed by atoms with Crippen molar-refractivity contribution in [3.05, 3.63) is 73.3 Å². The fourth-order valence-corrected chi connectivity index (χ4v) is 7.80. The Morgan fingerprint density at radius 3 is 1.76 bits per heavy atom. The number of hydrogen-bond donors (Lipinski definition) is 2. The van der Waals surface area contributed by atoms with E-state index < -0.39 is 20.5 Å². The molecule has 0 aliphatic heterocycles. The minimum absolute atomic E-state index is 0.0560. The van der Waals surface area contributed by atoms with Crippen LogP contribution in [0.4, 0.5) is 0 Å². The summed E-state index contributed by atoms with van der Waals surface area (Å²) in [5.41, 5.74) is 0. The quantitative estimate of drug-likeness (QED) is 0.592. The number of aliphatic hydroxyl groups is 2. The van der Waals surface area contributed by atoms with E-state index >= 15 is 0 Å². The van der Waals surface area contributed by atoms with Crippen molar-refractivity contribution in [3.8, 4) is 0 Å². The molecule has 3 nitrogen and oxygen atoms in total. The van der Waals surface area contributed by atoms with Gasteiger partial charge in [-0.25, -0.2) is 0 Å². The molecule has 134 valence electrons. The van der Waals surface area contributed by atoms with Crippen molar-refractivity contribution in [1.29, 1.82) is 0 Å². The molecule has 0 amide bonds. The molecule has 4 heteroatoms. The third-order valence-corrected chi connectivity index (χ3v) is 9.53. The van der Waals surface area contributed by atoms with E-state index in [1.165, 1.54) is 6.08 Å². The van der Waals surface area contributed by atoms with Crippen molar-refractivity contribution >= 4 is 18.7 Å². The Labute approximate surface area is 151 Å². The van der Waals surface area contributed by atoms with Crippen LogP contribution >= 0.6 is 0 Å². The second-order valence-electron chi connectivity index (χ2n) is 7.27. The molecular formula is C21H28O3Si. The first-order valence-electron chi connectivity index (χ1n) is 8.56. The molecular weight excluding hydrogens is 328 g/mol. The van der Waals surface area contributed by atoms with E-state index in [1.54, 1.807) is 0 Å². The Hall–Kier alpha value is -1.72. The molecule has 0 fully saturated rings. The fourth-order valence-electron chi connectivity index (χ4n) is 3.23.